The molecule has 0 spiro atoms. The maximum Gasteiger partial charge on any atom is 0.125 e. The van der Waals surface area contributed by atoms with Crippen LogP contribution in [0.3, 0.4) is 0 Å². The maximum absolute atomic E-state index is 9.34. The van der Waals surface area contributed by atoms with Crippen LogP contribution in [-0.2, 0) is 0 Å². The number of halogens is 1. The Morgan fingerprint density at radius 3 is 2.45 bits per heavy atom. The number of benzene rings is 2. The molecule has 3 heteroatoms. The standard InChI is InChI=1S/C19H20ClNO/c1-14-6-3-7-15(2)19(14)22-11-5-9-17(13-21)16-8-4-10-18(20)12-16/h3-4,6-8,10,12,17H,5,9,11H2,1-2H3. The van der Waals surface area contributed by atoms with Crippen molar-refractivity contribution in [2.24, 2.45) is 0 Å². The lowest BCUT2D eigenvalue weighted by molar-refractivity contribution is 0.301. The first-order valence-electron chi connectivity index (χ1n) is 7.46. The molecule has 0 bridgehead atoms. The number of nitriles is 1. The van der Waals surface area contributed by atoms with Gasteiger partial charge in [0.05, 0.1) is 18.6 Å². The Morgan fingerprint density at radius 1 is 1.14 bits per heavy atom. The molecule has 2 aromatic rings. The third kappa shape index (κ3) is 4.26. The average molecular weight is 314 g/mol. The number of hydrogen-bond acceptors (Lipinski definition) is 2. The molecule has 2 aromatic carbocycles. The zero-order valence-corrected chi connectivity index (χ0v) is 13.7. The van der Waals surface area contributed by atoms with Crippen molar-refractivity contribution >= 4 is 11.6 Å². The van der Waals surface area contributed by atoms with Gasteiger partial charge in [0.25, 0.3) is 0 Å². The molecule has 2 nitrogen and oxygen atoms in total. The minimum absolute atomic E-state index is 0.139. The molecule has 0 saturated heterocycles. The molecule has 2 rings (SSSR count). The van der Waals surface area contributed by atoms with Crippen molar-refractivity contribution in [3.63, 3.8) is 0 Å². The molecule has 0 fully saturated rings. The van der Waals surface area contributed by atoms with Crippen LogP contribution >= 0.6 is 11.6 Å². The molecule has 0 radical (unpaired) electrons. The number of rotatable bonds is 6. The topological polar surface area (TPSA) is 33.0 Å². The molecular formula is C19H20ClNO. The van der Waals surface area contributed by atoms with Crippen molar-refractivity contribution in [1.82, 2.24) is 0 Å². The fourth-order valence-electron chi connectivity index (χ4n) is 2.52. The van der Waals surface area contributed by atoms with Gasteiger partial charge in [-0.1, -0.05) is 41.9 Å². The summed E-state index contributed by atoms with van der Waals surface area (Å²) in [6, 6.07) is 16.0. The molecule has 114 valence electrons. The monoisotopic (exact) mass is 313 g/mol. The van der Waals surface area contributed by atoms with Crippen molar-refractivity contribution in [3.05, 3.63) is 64.2 Å². The number of hydrogen-bond donors (Lipinski definition) is 0. The largest absolute Gasteiger partial charge is 0.493 e. The van der Waals surface area contributed by atoms with Gasteiger partial charge in [0.1, 0.15) is 5.75 Å². The molecule has 0 amide bonds. The van der Waals surface area contributed by atoms with E-state index < -0.39 is 0 Å². The molecule has 0 N–H and O–H groups in total. The second-order valence-electron chi connectivity index (χ2n) is 5.45. The van der Waals surface area contributed by atoms with Gasteiger partial charge in [-0.05, 0) is 55.5 Å². The fourth-order valence-corrected chi connectivity index (χ4v) is 2.72. The van der Waals surface area contributed by atoms with Gasteiger partial charge >= 0.3 is 0 Å². The highest BCUT2D eigenvalue weighted by Crippen LogP contribution is 2.25. The van der Waals surface area contributed by atoms with Gasteiger partial charge in [-0.2, -0.15) is 5.26 Å². The summed E-state index contributed by atoms with van der Waals surface area (Å²) in [7, 11) is 0. The number of aryl methyl sites for hydroxylation is 2. The zero-order valence-electron chi connectivity index (χ0n) is 13.0. The second-order valence-corrected chi connectivity index (χ2v) is 5.88. The van der Waals surface area contributed by atoms with Crippen LogP contribution in [0.25, 0.3) is 0 Å². The zero-order chi connectivity index (χ0) is 15.9. The van der Waals surface area contributed by atoms with E-state index >= 15 is 0 Å². The highest BCUT2D eigenvalue weighted by atomic mass is 35.5. The molecule has 0 aliphatic carbocycles. The van der Waals surface area contributed by atoms with Gasteiger partial charge in [0.15, 0.2) is 0 Å². The van der Waals surface area contributed by atoms with Gasteiger partial charge in [-0.25, -0.2) is 0 Å². The van der Waals surface area contributed by atoms with Gasteiger partial charge in [-0.3, -0.25) is 0 Å². The first-order valence-corrected chi connectivity index (χ1v) is 7.83. The molecule has 0 aliphatic rings. The van der Waals surface area contributed by atoms with Crippen LogP contribution < -0.4 is 4.74 Å². The first-order chi connectivity index (χ1) is 10.6. The maximum atomic E-state index is 9.34. The van der Waals surface area contributed by atoms with Crippen LogP contribution in [-0.4, -0.2) is 6.61 Å². The number of ether oxygens (including phenoxy) is 1. The Bertz CT molecular complexity index is 655. The van der Waals surface area contributed by atoms with Crippen LogP contribution in [0.1, 0.15) is 35.4 Å². The van der Waals surface area contributed by atoms with E-state index in [0.29, 0.717) is 11.6 Å². The van der Waals surface area contributed by atoms with E-state index in [1.54, 1.807) is 0 Å². The third-order valence-electron chi connectivity index (χ3n) is 3.70. The highest BCUT2D eigenvalue weighted by Gasteiger charge is 2.11. The summed E-state index contributed by atoms with van der Waals surface area (Å²) in [5.74, 6) is 0.819. The minimum atomic E-state index is -0.139. The van der Waals surface area contributed by atoms with Gasteiger partial charge in [0, 0.05) is 5.02 Å². The van der Waals surface area contributed by atoms with Crippen molar-refractivity contribution in [2.45, 2.75) is 32.6 Å². The van der Waals surface area contributed by atoms with Crippen molar-refractivity contribution in [2.75, 3.05) is 6.61 Å². The van der Waals surface area contributed by atoms with E-state index in [1.165, 1.54) is 0 Å². The van der Waals surface area contributed by atoms with Crippen molar-refractivity contribution in [3.8, 4) is 11.8 Å². The lowest BCUT2D eigenvalue weighted by Gasteiger charge is -2.13. The average Bonchev–Trinajstić information content (AvgIpc) is 2.50. The summed E-state index contributed by atoms with van der Waals surface area (Å²) in [6.07, 6.45) is 1.60. The summed E-state index contributed by atoms with van der Waals surface area (Å²) in [5.41, 5.74) is 3.26. The molecular weight excluding hydrogens is 294 g/mol. The summed E-state index contributed by atoms with van der Waals surface area (Å²) in [5, 5.41) is 10.0. The van der Waals surface area contributed by atoms with E-state index in [0.717, 1.165) is 35.3 Å². The lowest BCUT2D eigenvalue weighted by atomic mass is 9.96. The predicted octanol–water partition coefficient (Wildman–Crippen LogP) is 5.42. The molecule has 22 heavy (non-hydrogen) atoms. The van der Waals surface area contributed by atoms with Crippen LogP contribution in [0.15, 0.2) is 42.5 Å². The molecule has 1 atom stereocenters. The quantitative estimate of drug-likeness (QED) is 0.667. The first kappa shape index (κ1) is 16.4. The molecule has 0 saturated carbocycles. The second kappa shape index (κ2) is 7.87. The van der Waals surface area contributed by atoms with Crippen LogP contribution in [0, 0.1) is 25.2 Å². The Labute approximate surface area is 137 Å². The SMILES string of the molecule is Cc1cccc(C)c1OCCCC(C#N)c1cccc(Cl)c1. The van der Waals surface area contributed by atoms with Crippen LogP contribution in [0.2, 0.25) is 5.02 Å². The molecule has 0 aliphatic heterocycles. The fraction of sp³-hybridized carbons (Fsp3) is 0.316. The van der Waals surface area contributed by atoms with Gasteiger partial charge in [-0.15, -0.1) is 0 Å². The molecule has 1 unspecified atom stereocenters. The molecule has 0 heterocycles. The van der Waals surface area contributed by atoms with E-state index in [-0.39, 0.29) is 5.92 Å². The van der Waals surface area contributed by atoms with Gasteiger partial charge in [0.2, 0.25) is 0 Å². The summed E-state index contributed by atoms with van der Waals surface area (Å²) in [4.78, 5) is 0. The van der Waals surface area contributed by atoms with E-state index in [1.807, 2.05) is 56.3 Å². The Kier molecular flexibility index (Phi) is 5.86. The van der Waals surface area contributed by atoms with E-state index in [9.17, 15) is 5.26 Å². The van der Waals surface area contributed by atoms with Crippen LogP contribution in [0.4, 0.5) is 0 Å². The number of para-hydroxylation sites is 1. The normalized spacial score (nSPS) is 11.7. The Hall–Kier alpha value is -1.98. The lowest BCUT2D eigenvalue weighted by Crippen LogP contribution is -2.03. The van der Waals surface area contributed by atoms with Crippen molar-refractivity contribution in [1.29, 1.82) is 5.26 Å². The smallest absolute Gasteiger partial charge is 0.125 e. The van der Waals surface area contributed by atoms with Crippen molar-refractivity contribution < 1.29 is 4.74 Å². The Morgan fingerprint density at radius 2 is 1.82 bits per heavy atom. The summed E-state index contributed by atoms with van der Waals surface area (Å²) in [6.45, 7) is 4.71. The summed E-state index contributed by atoms with van der Waals surface area (Å²) < 4.78 is 5.89. The third-order valence-corrected chi connectivity index (χ3v) is 3.93. The summed E-state index contributed by atoms with van der Waals surface area (Å²) >= 11 is 5.99. The minimum Gasteiger partial charge on any atom is -0.493 e. The van der Waals surface area contributed by atoms with Crippen LogP contribution in [0.5, 0.6) is 5.75 Å². The predicted molar refractivity (Wildman–Crippen MR) is 90.5 cm³/mol. The van der Waals surface area contributed by atoms with E-state index in [2.05, 4.69) is 6.07 Å². The van der Waals surface area contributed by atoms with E-state index in [4.69, 9.17) is 16.3 Å². The number of nitrogens with zero attached hydrogens (tertiary/aromatic N) is 1. The molecule has 0 aromatic heterocycles. The Balaban J connectivity index is 1.89. The van der Waals surface area contributed by atoms with Gasteiger partial charge < -0.3 is 4.74 Å². The highest BCUT2D eigenvalue weighted by molar-refractivity contribution is 6.30.